The summed E-state index contributed by atoms with van der Waals surface area (Å²) >= 11 is 6.04. The minimum absolute atomic E-state index is 0.558. The molecule has 0 atom stereocenters. The fourth-order valence-corrected chi connectivity index (χ4v) is 2.76. The highest BCUT2D eigenvalue weighted by Gasteiger charge is 2.11. The van der Waals surface area contributed by atoms with E-state index in [1.54, 1.807) is 0 Å². The second-order valence-corrected chi connectivity index (χ2v) is 4.89. The van der Waals surface area contributed by atoms with Gasteiger partial charge in [-0.1, -0.05) is 23.7 Å². The average molecular weight is 245 g/mol. The van der Waals surface area contributed by atoms with E-state index in [0.717, 1.165) is 11.2 Å². The Morgan fingerprint density at radius 1 is 1.12 bits per heavy atom. The van der Waals surface area contributed by atoms with Crippen molar-refractivity contribution in [1.82, 2.24) is 9.55 Å². The molecule has 1 aromatic carbocycles. The zero-order valence-corrected chi connectivity index (χ0v) is 10.8. The topological polar surface area (TPSA) is 17.8 Å². The molecule has 0 aliphatic heterocycles. The van der Waals surface area contributed by atoms with Gasteiger partial charge in [-0.2, -0.15) is 0 Å². The Kier molecular flexibility index (Phi) is 2.17. The Morgan fingerprint density at radius 3 is 2.65 bits per heavy atom. The Balaban J connectivity index is 2.63. The summed E-state index contributed by atoms with van der Waals surface area (Å²) in [5.41, 5.74) is 4.63. The minimum Gasteiger partial charge on any atom is -0.342 e. The van der Waals surface area contributed by atoms with E-state index >= 15 is 0 Å². The van der Waals surface area contributed by atoms with E-state index in [4.69, 9.17) is 11.6 Å². The fraction of sp³-hybridized carbons (Fsp3) is 0.214. The Hall–Kier alpha value is -1.54. The number of nitrogens with zero attached hydrogens (tertiary/aromatic N) is 2. The smallest absolute Gasteiger partial charge is 0.130 e. The van der Waals surface area contributed by atoms with Crippen molar-refractivity contribution in [2.75, 3.05) is 0 Å². The van der Waals surface area contributed by atoms with Crippen LogP contribution in [0.2, 0.25) is 5.15 Å². The number of halogens is 1. The van der Waals surface area contributed by atoms with E-state index in [0.29, 0.717) is 5.15 Å². The summed E-state index contributed by atoms with van der Waals surface area (Å²) in [6.45, 7) is 4.11. The van der Waals surface area contributed by atoms with E-state index in [1.807, 2.05) is 13.0 Å². The molecule has 3 rings (SSSR count). The number of aryl methyl sites for hydroxylation is 3. The Bertz CT molecular complexity index is 741. The molecule has 3 heteroatoms. The van der Waals surface area contributed by atoms with Gasteiger partial charge in [0.15, 0.2) is 0 Å². The maximum absolute atomic E-state index is 6.04. The number of rotatable bonds is 0. The molecule has 0 bridgehead atoms. The number of fused-ring (bicyclic) bond motifs is 3. The molecule has 0 radical (unpaired) electrons. The minimum atomic E-state index is 0.558. The molecule has 0 amide bonds. The molecule has 0 unspecified atom stereocenters. The van der Waals surface area contributed by atoms with Gasteiger partial charge in [-0.15, -0.1) is 0 Å². The predicted molar refractivity (Wildman–Crippen MR) is 72.7 cm³/mol. The van der Waals surface area contributed by atoms with Gasteiger partial charge in [0, 0.05) is 23.3 Å². The quantitative estimate of drug-likeness (QED) is 0.547. The van der Waals surface area contributed by atoms with Crippen molar-refractivity contribution < 1.29 is 0 Å². The summed E-state index contributed by atoms with van der Waals surface area (Å²) in [7, 11) is 2.08. The van der Waals surface area contributed by atoms with Crippen LogP contribution < -0.4 is 0 Å². The summed E-state index contributed by atoms with van der Waals surface area (Å²) < 4.78 is 2.19. The van der Waals surface area contributed by atoms with Crippen molar-refractivity contribution in [3.8, 4) is 0 Å². The summed E-state index contributed by atoms with van der Waals surface area (Å²) in [5.74, 6) is 0. The van der Waals surface area contributed by atoms with Gasteiger partial charge in [-0.05, 0) is 31.5 Å². The van der Waals surface area contributed by atoms with Crippen molar-refractivity contribution in [3.05, 3.63) is 40.7 Å². The van der Waals surface area contributed by atoms with Gasteiger partial charge in [0.2, 0.25) is 0 Å². The summed E-state index contributed by atoms with van der Waals surface area (Å²) in [6.07, 6.45) is 0. The lowest BCUT2D eigenvalue weighted by atomic mass is 10.1. The number of hydrogen-bond donors (Lipinski definition) is 0. The lowest BCUT2D eigenvalue weighted by molar-refractivity contribution is 0.996. The third-order valence-corrected chi connectivity index (χ3v) is 3.47. The molecule has 17 heavy (non-hydrogen) atoms. The van der Waals surface area contributed by atoms with E-state index in [-0.39, 0.29) is 0 Å². The fourth-order valence-electron chi connectivity index (χ4n) is 2.52. The highest BCUT2D eigenvalue weighted by Crippen LogP contribution is 2.31. The average Bonchev–Trinajstić information content (AvgIpc) is 2.52. The summed E-state index contributed by atoms with van der Waals surface area (Å²) in [5, 5.41) is 2.98. The molecule has 86 valence electrons. The third-order valence-electron chi connectivity index (χ3n) is 3.28. The SMILES string of the molecule is Cc1ccc2c3cc(Cl)nc(C)c3n(C)c2c1. The van der Waals surface area contributed by atoms with Crippen LogP contribution >= 0.6 is 11.6 Å². The van der Waals surface area contributed by atoms with Crippen LogP contribution in [-0.4, -0.2) is 9.55 Å². The second kappa shape index (κ2) is 3.47. The number of hydrogen-bond acceptors (Lipinski definition) is 1. The molecule has 0 saturated carbocycles. The van der Waals surface area contributed by atoms with E-state index in [9.17, 15) is 0 Å². The first kappa shape index (κ1) is 10.6. The van der Waals surface area contributed by atoms with Crippen LogP contribution in [0.25, 0.3) is 21.8 Å². The van der Waals surface area contributed by atoms with Gasteiger partial charge in [0.05, 0.1) is 11.2 Å². The maximum atomic E-state index is 6.04. The van der Waals surface area contributed by atoms with Gasteiger partial charge >= 0.3 is 0 Å². The summed E-state index contributed by atoms with van der Waals surface area (Å²) in [4.78, 5) is 4.32. The van der Waals surface area contributed by atoms with Gasteiger partial charge in [-0.3, -0.25) is 0 Å². The van der Waals surface area contributed by atoms with Crippen LogP contribution in [0.1, 0.15) is 11.3 Å². The molecule has 2 aromatic heterocycles. The number of aromatic nitrogens is 2. The molecular weight excluding hydrogens is 232 g/mol. The molecule has 2 nitrogen and oxygen atoms in total. The van der Waals surface area contributed by atoms with Crippen LogP contribution in [-0.2, 0) is 7.05 Å². The zero-order valence-electron chi connectivity index (χ0n) is 10.1. The van der Waals surface area contributed by atoms with E-state index in [2.05, 4.69) is 41.7 Å². The first-order valence-corrected chi connectivity index (χ1v) is 5.97. The van der Waals surface area contributed by atoms with Gasteiger partial charge in [0.1, 0.15) is 5.15 Å². The van der Waals surface area contributed by atoms with Crippen LogP contribution in [0, 0.1) is 13.8 Å². The summed E-state index contributed by atoms with van der Waals surface area (Å²) in [6, 6.07) is 8.43. The maximum Gasteiger partial charge on any atom is 0.130 e. The van der Waals surface area contributed by atoms with Crippen molar-refractivity contribution in [1.29, 1.82) is 0 Å². The molecule has 0 aliphatic rings. The lowest BCUT2D eigenvalue weighted by Gasteiger charge is -2.01. The van der Waals surface area contributed by atoms with Crippen LogP contribution in [0.4, 0.5) is 0 Å². The van der Waals surface area contributed by atoms with Crippen LogP contribution in [0.3, 0.4) is 0 Å². The molecule has 2 heterocycles. The standard InChI is InChI=1S/C14H13ClN2/c1-8-4-5-10-11-7-13(15)16-9(2)14(11)17(3)12(10)6-8/h4-7H,1-3H3. The van der Waals surface area contributed by atoms with Gasteiger partial charge in [-0.25, -0.2) is 4.98 Å². The molecule has 0 fully saturated rings. The number of benzene rings is 1. The second-order valence-electron chi connectivity index (χ2n) is 4.51. The molecular formula is C14H13ClN2. The van der Waals surface area contributed by atoms with E-state index < -0.39 is 0 Å². The normalized spacial score (nSPS) is 11.5. The molecule has 0 N–H and O–H groups in total. The molecule has 3 aromatic rings. The third kappa shape index (κ3) is 1.44. The molecule has 0 saturated heterocycles. The zero-order chi connectivity index (χ0) is 12.2. The molecule has 0 aliphatic carbocycles. The lowest BCUT2D eigenvalue weighted by Crippen LogP contribution is -1.91. The largest absolute Gasteiger partial charge is 0.342 e. The monoisotopic (exact) mass is 244 g/mol. The first-order chi connectivity index (χ1) is 8.08. The van der Waals surface area contributed by atoms with Crippen molar-refractivity contribution >= 4 is 33.4 Å². The van der Waals surface area contributed by atoms with Crippen molar-refractivity contribution in [2.45, 2.75) is 13.8 Å². The molecule has 0 spiro atoms. The Morgan fingerprint density at radius 2 is 1.88 bits per heavy atom. The number of pyridine rings is 1. The van der Waals surface area contributed by atoms with Gasteiger partial charge in [0.25, 0.3) is 0 Å². The van der Waals surface area contributed by atoms with Crippen LogP contribution in [0.5, 0.6) is 0 Å². The first-order valence-electron chi connectivity index (χ1n) is 5.60. The van der Waals surface area contributed by atoms with Crippen molar-refractivity contribution in [3.63, 3.8) is 0 Å². The van der Waals surface area contributed by atoms with E-state index in [1.165, 1.54) is 21.9 Å². The highest BCUT2D eigenvalue weighted by molar-refractivity contribution is 6.30. The predicted octanol–water partition coefficient (Wildman–Crippen LogP) is 4.00. The van der Waals surface area contributed by atoms with Crippen LogP contribution in [0.15, 0.2) is 24.3 Å². The van der Waals surface area contributed by atoms with Gasteiger partial charge < -0.3 is 4.57 Å². The van der Waals surface area contributed by atoms with Crippen molar-refractivity contribution in [2.24, 2.45) is 7.05 Å². The highest BCUT2D eigenvalue weighted by atomic mass is 35.5. The Labute approximate surface area is 105 Å².